The van der Waals surface area contributed by atoms with Crippen LogP contribution in [0.15, 0.2) is 0 Å². The van der Waals surface area contributed by atoms with Crippen molar-refractivity contribution in [2.75, 3.05) is 14.2 Å². The van der Waals surface area contributed by atoms with Gasteiger partial charge in [0.1, 0.15) is 0 Å². The molecule has 0 radical (unpaired) electrons. The summed E-state index contributed by atoms with van der Waals surface area (Å²) in [5.74, 6) is -0.830. The van der Waals surface area contributed by atoms with Gasteiger partial charge in [-0.1, -0.05) is 12.6 Å². The second-order valence-electron chi connectivity index (χ2n) is 2.32. The molecule has 0 aromatic carbocycles. The third kappa shape index (κ3) is 3.31. The molecule has 2 N–H and O–H groups in total. The third-order valence-electron chi connectivity index (χ3n) is 1.57. The SMILES string of the molecule is COC(N)(CC[SiH2]C)OC. The van der Waals surface area contributed by atoms with E-state index in [1.807, 2.05) is 0 Å². The topological polar surface area (TPSA) is 44.5 Å². The molecule has 0 amide bonds. The van der Waals surface area contributed by atoms with Crippen molar-refractivity contribution in [1.29, 1.82) is 0 Å². The molecule has 0 aliphatic heterocycles. The molecule has 4 heteroatoms. The van der Waals surface area contributed by atoms with Crippen LogP contribution < -0.4 is 5.73 Å². The van der Waals surface area contributed by atoms with Gasteiger partial charge in [0.05, 0.1) is 0 Å². The Morgan fingerprint density at radius 1 is 1.40 bits per heavy atom. The maximum Gasteiger partial charge on any atom is 0.223 e. The van der Waals surface area contributed by atoms with Gasteiger partial charge in [0.15, 0.2) is 0 Å². The van der Waals surface area contributed by atoms with Crippen LogP contribution in [0.25, 0.3) is 0 Å². The fourth-order valence-electron chi connectivity index (χ4n) is 0.711. The summed E-state index contributed by atoms with van der Waals surface area (Å²) in [7, 11) is 3.22. The molecule has 10 heavy (non-hydrogen) atoms. The summed E-state index contributed by atoms with van der Waals surface area (Å²) >= 11 is 0. The predicted octanol–water partition coefficient (Wildman–Crippen LogP) is -0.0830. The monoisotopic (exact) mass is 163 g/mol. The molecule has 0 bridgehead atoms. The zero-order valence-corrected chi connectivity index (χ0v) is 8.43. The van der Waals surface area contributed by atoms with E-state index < -0.39 is 5.91 Å². The molecule has 0 heterocycles. The summed E-state index contributed by atoms with van der Waals surface area (Å²) in [6.07, 6.45) is 0.808. The van der Waals surface area contributed by atoms with Crippen molar-refractivity contribution in [3.05, 3.63) is 0 Å². The summed E-state index contributed by atoms with van der Waals surface area (Å²) in [5, 5.41) is 0. The summed E-state index contributed by atoms with van der Waals surface area (Å²) in [6.45, 7) is 2.24. The average molecular weight is 163 g/mol. The minimum Gasteiger partial charge on any atom is -0.341 e. The molecule has 0 aromatic heterocycles. The second-order valence-corrected chi connectivity index (χ2v) is 4.03. The number of ether oxygens (including phenoxy) is 2. The molecule has 0 spiro atoms. The van der Waals surface area contributed by atoms with Crippen molar-refractivity contribution in [2.24, 2.45) is 5.73 Å². The van der Waals surface area contributed by atoms with Crippen molar-refractivity contribution >= 4 is 9.52 Å². The van der Waals surface area contributed by atoms with Gasteiger partial charge in [-0.2, -0.15) is 0 Å². The fraction of sp³-hybridized carbons (Fsp3) is 1.00. The molecule has 0 atom stereocenters. The van der Waals surface area contributed by atoms with Gasteiger partial charge in [0.2, 0.25) is 5.91 Å². The molecule has 0 fully saturated rings. The van der Waals surface area contributed by atoms with E-state index in [1.54, 1.807) is 14.2 Å². The van der Waals surface area contributed by atoms with Crippen molar-refractivity contribution in [1.82, 2.24) is 0 Å². The Morgan fingerprint density at radius 3 is 2.20 bits per heavy atom. The summed E-state index contributed by atoms with van der Waals surface area (Å²) in [6, 6.07) is 1.16. The molecule has 0 rings (SSSR count). The van der Waals surface area contributed by atoms with E-state index >= 15 is 0 Å². The van der Waals surface area contributed by atoms with Crippen molar-refractivity contribution in [2.45, 2.75) is 24.9 Å². The fourth-order valence-corrected chi connectivity index (χ4v) is 1.56. The Labute approximate surface area is 64.7 Å². The van der Waals surface area contributed by atoms with Crippen LogP contribution in [-0.2, 0) is 9.47 Å². The summed E-state index contributed by atoms with van der Waals surface area (Å²) in [5.41, 5.74) is 5.66. The van der Waals surface area contributed by atoms with E-state index in [0.717, 1.165) is 12.5 Å². The third-order valence-corrected chi connectivity index (χ3v) is 2.63. The molecular formula is C6H17NO2Si. The molecule has 0 aliphatic carbocycles. The smallest absolute Gasteiger partial charge is 0.223 e. The lowest BCUT2D eigenvalue weighted by Gasteiger charge is -2.25. The molecule has 0 saturated heterocycles. The van der Waals surface area contributed by atoms with E-state index in [2.05, 4.69) is 6.55 Å². The average Bonchev–Trinajstić information content (AvgIpc) is 2.00. The maximum atomic E-state index is 5.66. The first-order valence-electron chi connectivity index (χ1n) is 3.57. The van der Waals surface area contributed by atoms with Gasteiger partial charge in [-0.15, -0.1) is 0 Å². The standard InChI is InChI=1S/C6H17NO2Si/c1-8-6(7,9-2)4-5-10-3/h4-5,7,10H2,1-3H3. The van der Waals surface area contributed by atoms with Crippen molar-refractivity contribution in [3.8, 4) is 0 Å². The van der Waals surface area contributed by atoms with Crippen LogP contribution >= 0.6 is 0 Å². The summed E-state index contributed by atoms with van der Waals surface area (Å²) in [4.78, 5) is 0. The number of hydrogen-bond donors (Lipinski definition) is 1. The largest absolute Gasteiger partial charge is 0.341 e. The Kier molecular flexibility index (Phi) is 4.89. The van der Waals surface area contributed by atoms with Crippen LogP contribution in [-0.4, -0.2) is 29.7 Å². The normalized spacial score (nSPS) is 13.2. The highest BCUT2D eigenvalue weighted by molar-refractivity contribution is 6.33. The van der Waals surface area contributed by atoms with Crippen LogP contribution in [0, 0.1) is 0 Å². The second kappa shape index (κ2) is 4.84. The Morgan fingerprint density at radius 2 is 1.90 bits per heavy atom. The quantitative estimate of drug-likeness (QED) is 0.455. The Hall–Kier alpha value is 0.0969. The number of nitrogens with two attached hydrogens (primary N) is 1. The molecule has 0 aromatic rings. The van der Waals surface area contributed by atoms with Gasteiger partial charge >= 0.3 is 0 Å². The zero-order chi connectivity index (χ0) is 8.04. The lowest BCUT2D eigenvalue weighted by Crippen LogP contribution is -2.43. The van der Waals surface area contributed by atoms with E-state index in [4.69, 9.17) is 15.2 Å². The first kappa shape index (κ1) is 10.1. The zero-order valence-electron chi connectivity index (χ0n) is 7.02. The first-order chi connectivity index (χ1) is 4.68. The number of rotatable bonds is 5. The van der Waals surface area contributed by atoms with E-state index in [0.29, 0.717) is 0 Å². The first-order valence-corrected chi connectivity index (χ1v) is 5.99. The number of hydrogen-bond acceptors (Lipinski definition) is 3. The summed E-state index contributed by atoms with van der Waals surface area (Å²) < 4.78 is 9.93. The van der Waals surface area contributed by atoms with Gasteiger partial charge in [-0.3, -0.25) is 5.73 Å². The van der Waals surface area contributed by atoms with Crippen molar-refractivity contribution in [3.63, 3.8) is 0 Å². The van der Waals surface area contributed by atoms with Crippen LogP contribution in [0.2, 0.25) is 12.6 Å². The van der Waals surface area contributed by atoms with Gasteiger partial charge in [0, 0.05) is 30.2 Å². The van der Waals surface area contributed by atoms with Gasteiger partial charge in [-0.05, 0) is 0 Å². The molecule has 0 saturated carbocycles. The van der Waals surface area contributed by atoms with Crippen LogP contribution in [0.1, 0.15) is 6.42 Å². The lowest BCUT2D eigenvalue weighted by atomic mass is 10.4. The molecule has 0 unspecified atom stereocenters. The maximum absolute atomic E-state index is 5.66. The van der Waals surface area contributed by atoms with Crippen LogP contribution in [0.5, 0.6) is 0 Å². The Bertz CT molecular complexity index is 85.8. The minimum atomic E-state index is -0.830. The minimum absolute atomic E-state index is 0.0755. The van der Waals surface area contributed by atoms with Gasteiger partial charge in [-0.25, -0.2) is 0 Å². The molecule has 3 nitrogen and oxygen atoms in total. The van der Waals surface area contributed by atoms with Gasteiger partial charge in [0.25, 0.3) is 0 Å². The van der Waals surface area contributed by atoms with E-state index in [9.17, 15) is 0 Å². The molecule has 0 aliphatic rings. The van der Waals surface area contributed by atoms with E-state index in [-0.39, 0.29) is 9.52 Å². The number of methoxy groups -OCH3 is 2. The lowest BCUT2D eigenvalue weighted by molar-refractivity contribution is -0.203. The highest BCUT2D eigenvalue weighted by Crippen LogP contribution is 2.10. The Balaban J connectivity index is 3.58. The highest BCUT2D eigenvalue weighted by atomic mass is 28.2. The van der Waals surface area contributed by atoms with E-state index in [1.165, 1.54) is 0 Å². The molecular weight excluding hydrogens is 146 g/mol. The van der Waals surface area contributed by atoms with Crippen LogP contribution in [0.3, 0.4) is 0 Å². The molecule has 62 valence electrons. The van der Waals surface area contributed by atoms with Crippen LogP contribution in [0.4, 0.5) is 0 Å². The predicted molar refractivity (Wildman–Crippen MR) is 44.8 cm³/mol. The van der Waals surface area contributed by atoms with Crippen molar-refractivity contribution < 1.29 is 9.47 Å². The highest BCUT2D eigenvalue weighted by Gasteiger charge is 2.21. The van der Waals surface area contributed by atoms with Gasteiger partial charge < -0.3 is 9.47 Å².